The van der Waals surface area contributed by atoms with E-state index in [1.54, 1.807) is 28.1 Å². The lowest BCUT2D eigenvalue weighted by Crippen LogP contribution is -2.49. The Kier molecular flexibility index (Phi) is 13.0. The quantitative estimate of drug-likeness (QED) is 0.0674. The van der Waals surface area contributed by atoms with Crippen LogP contribution >= 0.6 is 0 Å². The van der Waals surface area contributed by atoms with Gasteiger partial charge in [0.2, 0.25) is 0 Å². The number of hydrogen-bond acceptors (Lipinski definition) is 7. The first kappa shape index (κ1) is 38.0. The monoisotopic (exact) mass is 662 g/mol. The Morgan fingerprint density at radius 1 is 0.851 bits per heavy atom. The summed E-state index contributed by atoms with van der Waals surface area (Å²) in [6.07, 6.45) is 1.43. The second kappa shape index (κ2) is 16.1. The van der Waals surface area contributed by atoms with Gasteiger partial charge < -0.3 is 28.5 Å². The smallest absolute Gasteiger partial charge is 0.308 e. The van der Waals surface area contributed by atoms with Crippen molar-refractivity contribution in [3.8, 4) is 11.5 Å². The molecule has 0 fully saturated rings. The number of methoxy groups -OCH3 is 2. The topological polar surface area (TPSA) is 83.5 Å². The highest BCUT2D eigenvalue weighted by Crippen LogP contribution is 2.44. The van der Waals surface area contributed by atoms with Crippen LogP contribution < -0.4 is 9.47 Å². The van der Waals surface area contributed by atoms with Crippen LogP contribution in [-0.4, -0.2) is 58.5 Å². The van der Waals surface area contributed by atoms with E-state index < -0.39 is 31.6 Å². The number of carbonyl (C=O) groups excluding carboxylic acids is 1. The van der Waals surface area contributed by atoms with Crippen LogP contribution in [0.4, 0.5) is 0 Å². The predicted molar refractivity (Wildman–Crippen MR) is 191 cm³/mol. The van der Waals surface area contributed by atoms with Gasteiger partial charge in [-0.05, 0) is 79.4 Å². The summed E-state index contributed by atoms with van der Waals surface area (Å²) < 4.78 is 30.5. The van der Waals surface area contributed by atoms with Crippen molar-refractivity contribution in [2.45, 2.75) is 82.9 Å². The summed E-state index contributed by atoms with van der Waals surface area (Å²) in [5.74, 6) is 0.689. The van der Waals surface area contributed by atoms with Crippen LogP contribution in [0.5, 0.6) is 11.5 Å². The molecule has 0 heterocycles. The summed E-state index contributed by atoms with van der Waals surface area (Å²) in [5.41, 5.74) is 0.359. The molecule has 0 aliphatic heterocycles. The Labute approximate surface area is 283 Å². The number of benzene rings is 3. The van der Waals surface area contributed by atoms with Crippen molar-refractivity contribution in [1.29, 1.82) is 0 Å². The SMILES string of the molecule is C=C[C@@H](CC(C)(O)CC(=O)OCC)[C@@H](COC(c1ccccc1)(c1ccc(OC)cc1)c1ccc(OC)cc1)O[Si](C)(C)C(C)(C)C. The van der Waals surface area contributed by atoms with Crippen molar-refractivity contribution < 1.29 is 33.3 Å². The molecule has 256 valence electrons. The maximum Gasteiger partial charge on any atom is 0.308 e. The molecule has 7 nitrogen and oxygen atoms in total. The molecule has 8 heteroatoms. The molecule has 1 unspecified atom stereocenters. The molecular weight excluding hydrogens is 609 g/mol. The molecule has 1 N–H and O–H groups in total. The number of aliphatic hydroxyl groups is 1. The van der Waals surface area contributed by atoms with Gasteiger partial charge in [0.15, 0.2) is 8.32 Å². The van der Waals surface area contributed by atoms with Crippen molar-refractivity contribution in [1.82, 2.24) is 0 Å². The number of hydrogen-bond donors (Lipinski definition) is 1. The van der Waals surface area contributed by atoms with Gasteiger partial charge in [-0.2, -0.15) is 0 Å². The van der Waals surface area contributed by atoms with Gasteiger partial charge in [0.1, 0.15) is 17.1 Å². The first-order valence-electron chi connectivity index (χ1n) is 16.3. The lowest BCUT2D eigenvalue weighted by molar-refractivity contribution is -0.149. The summed E-state index contributed by atoms with van der Waals surface area (Å²) in [7, 11) is 0.935. The molecule has 3 rings (SSSR count). The molecular formula is C39H54O7Si. The first-order valence-corrected chi connectivity index (χ1v) is 19.2. The van der Waals surface area contributed by atoms with Crippen molar-refractivity contribution in [3.63, 3.8) is 0 Å². The van der Waals surface area contributed by atoms with Crippen LogP contribution in [0.15, 0.2) is 91.5 Å². The van der Waals surface area contributed by atoms with E-state index in [1.807, 2.05) is 72.8 Å². The molecule has 0 saturated carbocycles. The molecule has 0 amide bonds. The molecule has 3 atom stereocenters. The zero-order valence-electron chi connectivity index (χ0n) is 29.7. The summed E-state index contributed by atoms with van der Waals surface area (Å²) in [6, 6.07) is 25.9. The van der Waals surface area contributed by atoms with Gasteiger partial charge in [0.05, 0.1) is 45.6 Å². The van der Waals surface area contributed by atoms with E-state index in [4.69, 9.17) is 23.4 Å². The minimum atomic E-state index is -2.36. The zero-order chi connectivity index (χ0) is 34.9. The number of carbonyl (C=O) groups is 1. The van der Waals surface area contributed by atoms with Crippen LogP contribution in [0, 0.1) is 5.92 Å². The van der Waals surface area contributed by atoms with Crippen LogP contribution in [0.2, 0.25) is 18.1 Å². The van der Waals surface area contributed by atoms with Crippen LogP contribution in [-0.2, 0) is 24.3 Å². The summed E-state index contributed by atoms with van der Waals surface area (Å²) in [4.78, 5) is 12.4. The van der Waals surface area contributed by atoms with Crippen molar-refractivity contribution in [2.75, 3.05) is 27.4 Å². The summed E-state index contributed by atoms with van der Waals surface area (Å²) in [5, 5.41) is 11.3. The average molecular weight is 663 g/mol. The van der Waals surface area contributed by atoms with Gasteiger partial charge in [0.25, 0.3) is 0 Å². The van der Waals surface area contributed by atoms with Crippen LogP contribution in [0.1, 0.15) is 64.2 Å². The molecule has 0 spiro atoms. The minimum Gasteiger partial charge on any atom is -0.497 e. The van der Waals surface area contributed by atoms with Crippen LogP contribution in [0.25, 0.3) is 0 Å². The van der Waals surface area contributed by atoms with E-state index in [0.717, 1.165) is 28.2 Å². The molecule has 0 bridgehead atoms. The molecule has 0 aliphatic carbocycles. The van der Waals surface area contributed by atoms with E-state index in [9.17, 15) is 9.90 Å². The fourth-order valence-electron chi connectivity index (χ4n) is 5.55. The highest BCUT2D eigenvalue weighted by Gasteiger charge is 2.44. The highest BCUT2D eigenvalue weighted by atomic mass is 28.4. The molecule has 47 heavy (non-hydrogen) atoms. The van der Waals surface area contributed by atoms with E-state index in [2.05, 4.69) is 52.6 Å². The molecule has 3 aromatic carbocycles. The van der Waals surface area contributed by atoms with E-state index in [-0.39, 0.29) is 37.0 Å². The minimum absolute atomic E-state index is 0.0904. The van der Waals surface area contributed by atoms with Gasteiger partial charge >= 0.3 is 5.97 Å². The lowest BCUT2D eigenvalue weighted by atomic mass is 9.79. The fraction of sp³-hybridized carbons (Fsp3) is 0.462. The molecule has 3 aromatic rings. The Hall–Kier alpha value is -3.43. The Balaban J connectivity index is 2.18. The van der Waals surface area contributed by atoms with Crippen LogP contribution in [0.3, 0.4) is 0 Å². The average Bonchev–Trinajstić information content (AvgIpc) is 3.03. The number of esters is 1. The van der Waals surface area contributed by atoms with E-state index in [1.165, 1.54) is 0 Å². The third-order valence-corrected chi connectivity index (χ3v) is 13.7. The summed E-state index contributed by atoms with van der Waals surface area (Å²) in [6.45, 7) is 19.0. The lowest BCUT2D eigenvalue weighted by Gasteiger charge is -2.43. The molecule has 0 saturated heterocycles. The third kappa shape index (κ3) is 9.57. The van der Waals surface area contributed by atoms with Gasteiger partial charge in [-0.25, -0.2) is 0 Å². The highest BCUT2D eigenvalue weighted by molar-refractivity contribution is 6.74. The van der Waals surface area contributed by atoms with Crippen molar-refractivity contribution in [2.24, 2.45) is 5.92 Å². The molecule has 0 aliphatic rings. The first-order chi connectivity index (χ1) is 22.1. The molecule has 0 aromatic heterocycles. The Morgan fingerprint density at radius 3 is 1.77 bits per heavy atom. The van der Waals surface area contributed by atoms with Gasteiger partial charge in [-0.15, -0.1) is 6.58 Å². The number of rotatable bonds is 17. The van der Waals surface area contributed by atoms with Crippen molar-refractivity contribution >= 4 is 14.3 Å². The van der Waals surface area contributed by atoms with E-state index in [0.29, 0.717) is 0 Å². The second-order valence-electron chi connectivity index (χ2n) is 13.8. The van der Waals surface area contributed by atoms with Gasteiger partial charge in [-0.1, -0.05) is 81.4 Å². The maximum absolute atomic E-state index is 12.4. The molecule has 0 radical (unpaired) electrons. The zero-order valence-corrected chi connectivity index (χ0v) is 30.7. The third-order valence-electron chi connectivity index (χ3n) is 9.18. The standard InChI is InChI=1S/C39H54O7Si/c1-11-29(26-38(6,41)27-36(40)44-12-2)35(46-47(9,10)37(3,4)5)28-45-39(30-16-14-13-15-17-30,31-18-22-33(42-7)23-19-31)32-20-24-34(43-8)25-21-32/h11,13-25,29,35,41H,1,12,26-28H2,2-10H3/t29-,35+,38?/m0/s1. The Bertz CT molecular complexity index is 1360. The normalized spacial score (nSPS) is 14.9. The van der Waals surface area contributed by atoms with Gasteiger partial charge in [0, 0.05) is 5.92 Å². The second-order valence-corrected chi connectivity index (χ2v) is 18.6. The fourth-order valence-corrected chi connectivity index (χ4v) is 6.90. The van der Waals surface area contributed by atoms with Gasteiger partial charge in [-0.3, -0.25) is 4.79 Å². The maximum atomic E-state index is 12.4. The van der Waals surface area contributed by atoms with Crippen molar-refractivity contribution in [3.05, 3.63) is 108 Å². The number of ether oxygens (including phenoxy) is 4. The Morgan fingerprint density at radius 2 is 1.34 bits per heavy atom. The largest absolute Gasteiger partial charge is 0.497 e. The van der Waals surface area contributed by atoms with E-state index >= 15 is 0 Å². The summed E-state index contributed by atoms with van der Waals surface area (Å²) >= 11 is 0. The predicted octanol–water partition coefficient (Wildman–Crippen LogP) is 8.30.